The standard InChI is InChI=1S/C18H20N2/c1-13-5-4-6-17-18(13)15(12-19-17)11-14-7-9-16(10-8-14)20(2)3/h4-10,12,19H,11H2,1-3H3. The molecule has 0 unspecified atom stereocenters. The number of fused-ring (bicyclic) bond motifs is 1. The van der Waals surface area contributed by atoms with Gasteiger partial charge in [0.15, 0.2) is 0 Å². The van der Waals surface area contributed by atoms with E-state index in [0.29, 0.717) is 0 Å². The molecule has 0 aliphatic carbocycles. The van der Waals surface area contributed by atoms with Crippen molar-refractivity contribution < 1.29 is 0 Å². The van der Waals surface area contributed by atoms with E-state index in [1.807, 2.05) is 0 Å². The zero-order chi connectivity index (χ0) is 14.1. The van der Waals surface area contributed by atoms with Crippen LogP contribution in [-0.4, -0.2) is 19.1 Å². The second kappa shape index (κ2) is 5.04. The molecule has 0 fully saturated rings. The van der Waals surface area contributed by atoms with Crippen LogP contribution >= 0.6 is 0 Å². The van der Waals surface area contributed by atoms with E-state index in [0.717, 1.165) is 6.42 Å². The van der Waals surface area contributed by atoms with Gasteiger partial charge in [-0.05, 0) is 48.2 Å². The van der Waals surface area contributed by atoms with Gasteiger partial charge in [-0.1, -0.05) is 24.3 Å². The first-order valence-corrected chi connectivity index (χ1v) is 6.97. The van der Waals surface area contributed by atoms with Crippen LogP contribution in [0.3, 0.4) is 0 Å². The van der Waals surface area contributed by atoms with Crippen LogP contribution in [0.1, 0.15) is 16.7 Å². The lowest BCUT2D eigenvalue weighted by Crippen LogP contribution is -2.08. The Kier molecular flexibility index (Phi) is 3.23. The molecular weight excluding hydrogens is 244 g/mol. The molecule has 0 saturated carbocycles. The molecule has 1 heterocycles. The maximum atomic E-state index is 3.37. The van der Waals surface area contributed by atoms with Gasteiger partial charge in [-0.15, -0.1) is 0 Å². The van der Waals surface area contributed by atoms with Crippen molar-refractivity contribution >= 4 is 16.6 Å². The first-order chi connectivity index (χ1) is 9.65. The Bertz CT molecular complexity index is 721. The van der Waals surface area contributed by atoms with Crippen molar-refractivity contribution in [2.24, 2.45) is 0 Å². The van der Waals surface area contributed by atoms with Crippen molar-refractivity contribution in [3.8, 4) is 0 Å². The predicted octanol–water partition coefficient (Wildman–Crippen LogP) is 4.13. The number of aromatic amines is 1. The smallest absolute Gasteiger partial charge is 0.0459 e. The highest BCUT2D eigenvalue weighted by molar-refractivity contribution is 5.86. The fourth-order valence-corrected chi connectivity index (χ4v) is 2.72. The molecular formula is C18H20N2. The number of hydrogen-bond acceptors (Lipinski definition) is 1. The Balaban J connectivity index is 1.93. The number of aryl methyl sites for hydroxylation is 1. The zero-order valence-electron chi connectivity index (χ0n) is 12.3. The number of hydrogen-bond donors (Lipinski definition) is 1. The topological polar surface area (TPSA) is 19.0 Å². The van der Waals surface area contributed by atoms with Crippen molar-refractivity contribution in [1.82, 2.24) is 4.98 Å². The molecule has 3 aromatic rings. The maximum absolute atomic E-state index is 3.37. The van der Waals surface area contributed by atoms with E-state index in [2.05, 4.69) is 79.6 Å². The summed E-state index contributed by atoms with van der Waals surface area (Å²) in [6.45, 7) is 2.18. The molecule has 1 N–H and O–H groups in total. The lowest BCUT2D eigenvalue weighted by molar-refractivity contribution is 1.12. The normalized spacial score (nSPS) is 10.9. The molecule has 1 aromatic heterocycles. The molecule has 20 heavy (non-hydrogen) atoms. The third-order valence-electron chi connectivity index (χ3n) is 3.84. The first-order valence-electron chi connectivity index (χ1n) is 6.97. The van der Waals surface area contributed by atoms with Crippen LogP contribution in [0.15, 0.2) is 48.7 Å². The minimum absolute atomic E-state index is 0.971. The van der Waals surface area contributed by atoms with Gasteiger partial charge in [-0.3, -0.25) is 0 Å². The molecule has 0 radical (unpaired) electrons. The third kappa shape index (κ3) is 2.29. The summed E-state index contributed by atoms with van der Waals surface area (Å²) in [6, 6.07) is 15.2. The van der Waals surface area contributed by atoms with Crippen LogP contribution in [0.5, 0.6) is 0 Å². The molecule has 0 aliphatic heterocycles. The third-order valence-corrected chi connectivity index (χ3v) is 3.84. The number of benzene rings is 2. The van der Waals surface area contributed by atoms with E-state index >= 15 is 0 Å². The second-order valence-corrected chi connectivity index (χ2v) is 5.55. The highest BCUT2D eigenvalue weighted by Crippen LogP contribution is 2.25. The van der Waals surface area contributed by atoms with Gasteiger partial charge >= 0.3 is 0 Å². The Labute approximate surface area is 120 Å². The average molecular weight is 264 g/mol. The Morgan fingerprint density at radius 1 is 1.00 bits per heavy atom. The zero-order valence-corrected chi connectivity index (χ0v) is 12.3. The van der Waals surface area contributed by atoms with Gasteiger partial charge in [-0.25, -0.2) is 0 Å². The van der Waals surface area contributed by atoms with Gasteiger partial charge in [-0.2, -0.15) is 0 Å². The molecule has 0 bridgehead atoms. The van der Waals surface area contributed by atoms with Gasteiger partial charge in [0, 0.05) is 36.9 Å². The first kappa shape index (κ1) is 12.8. The van der Waals surface area contributed by atoms with E-state index in [-0.39, 0.29) is 0 Å². The number of rotatable bonds is 3. The van der Waals surface area contributed by atoms with E-state index < -0.39 is 0 Å². The quantitative estimate of drug-likeness (QED) is 0.753. The molecule has 2 heteroatoms. The summed E-state index contributed by atoms with van der Waals surface area (Å²) < 4.78 is 0. The van der Waals surface area contributed by atoms with Crippen molar-refractivity contribution in [2.45, 2.75) is 13.3 Å². The van der Waals surface area contributed by atoms with Crippen LogP contribution in [0, 0.1) is 6.92 Å². The molecule has 0 atom stereocenters. The van der Waals surface area contributed by atoms with Crippen LogP contribution in [0.25, 0.3) is 10.9 Å². The van der Waals surface area contributed by atoms with E-state index in [1.165, 1.54) is 33.3 Å². The van der Waals surface area contributed by atoms with Crippen LogP contribution < -0.4 is 4.90 Å². The molecule has 3 rings (SSSR count). The Morgan fingerprint density at radius 3 is 2.45 bits per heavy atom. The maximum Gasteiger partial charge on any atom is 0.0459 e. The van der Waals surface area contributed by atoms with Crippen molar-refractivity contribution in [3.05, 3.63) is 65.4 Å². The van der Waals surface area contributed by atoms with Crippen molar-refractivity contribution in [2.75, 3.05) is 19.0 Å². The number of nitrogens with zero attached hydrogens (tertiary/aromatic N) is 1. The lowest BCUT2D eigenvalue weighted by atomic mass is 10.0. The number of aromatic nitrogens is 1. The van der Waals surface area contributed by atoms with E-state index in [4.69, 9.17) is 0 Å². The SMILES string of the molecule is Cc1cccc2[nH]cc(Cc3ccc(N(C)C)cc3)c12. The Hall–Kier alpha value is -2.22. The number of anilines is 1. The molecule has 0 amide bonds. The van der Waals surface area contributed by atoms with Crippen LogP contribution in [0.4, 0.5) is 5.69 Å². The summed E-state index contributed by atoms with van der Waals surface area (Å²) in [6.07, 6.45) is 3.11. The van der Waals surface area contributed by atoms with Gasteiger partial charge < -0.3 is 9.88 Å². The number of H-pyrrole nitrogens is 1. The van der Waals surface area contributed by atoms with E-state index in [1.54, 1.807) is 0 Å². The van der Waals surface area contributed by atoms with Gasteiger partial charge in [0.2, 0.25) is 0 Å². The highest BCUT2D eigenvalue weighted by atomic mass is 15.1. The van der Waals surface area contributed by atoms with Crippen LogP contribution in [0.2, 0.25) is 0 Å². The summed E-state index contributed by atoms with van der Waals surface area (Å²) in [5.74, 6) is 0. The summed E-state index contributed by atoms with van der Waals surface area (Å²) in [5, 5.41) is 1.36. The molecule has 0 aliphatic rings. The Morgan fingerprint density at radius 2 is 1.75 bits per heavy atom. The fraction of sp³-hybridized carbons (Fsp3) is 0.222. The lowest BCUT2D eigenvalue weighted by Gasteiger charge is -2.12. The monoisotopic (exact) mass is 264 g/mol. The largest absolute Gasteiger partial charge is 0.378 e. The molecule has 0 saturated heterocycles. The summed E-state index contributed by atoms with van der Waals surface area (Å²) in [5.41, 5.74) is 6.52. The second-order valence-electron chi connectivity index (χ2n) is 5.55. The summed E-state index contributed by atoms with van der Waals surface area (Å²) in [4.78, 5) is 5.50. The minimum Gasteiger partial charge on any atom is -0.378 e. The fourth-order valence-electron chi connectivity index (χ4n) is 2.72. The molecule has 2 aromatic carbocycles. The minimum atomic E-state index is 0.971. The van der Waals surface area contributed by atoms with E-state index in [9.17, 15) is 0 Å². The van der Waals surface area contributed by atoms with Gasteiger partial charge in [0.05, 0.1) is 0 Å². The number of nitrogens with one attached hydrogen (secondary N) is 1. The summed E-state index contributed by atoms with van der Waals surface area (Å²) in [7, 11) is 4.13. The van der Waals surface area contributed by atoms with Crippen molar-refractivity contribution in [3.63, 3.8) is 0 Å². The molecule has 0 spiro atoms. The molecule has 102 valence electrons. The predicted molar refractivity (Wildman–Crippen MR) is 86.6 cm³/mol. The van der Waals surface area contributed by atoms with Crippen LogP contribution in [-0.2, 0) is 6.42 Å². The average Bonchev–Trinajstić information content (AvgIpc) is 2.84. The summed E-state index contributed by atoms with van der Waals surface area (Å²) >= 11 is 0. The highest BCUT2D eigenvalue weighted by Gasteiger charge is 2.07. The van der Waals surface area contributed by atoms with Gasteiger partial charge in [0.1, 0.15) is 0 Å². The molecule has 2 nitrogen and oxygen atoms in total. The van der Waals surface area contributed by atoms with Crippen molar-refractivity contribution in [1.29, 1.82) is 0 Å². The van der Waals surface area contributed by atoms with Gasteiger partial charge in [0.25, 0.3) is 0 Å².